The monoisotopic (exact) mass is 814 g/mol. The van der Waals surface area contributed by atoms with Crippen LogP contribution in [-0.4, -0.2) is 45.2 Å². The predicted octanol–water partition coefficient (Wildman–Crippen LogP) is 11.2. The molecule has 2 aromatic heterocycles. The summed E-state index contributed by atoms with van der Waals surface area (Å²) in [5.41, 5.74) is -0.300. The zero-order valence-corrected chi connectivity index (χ0v) is 30.1. The van der Waals surface area contributed by atoms with E-state index in [0.717, 1.165) is 55.6 Å². The summed E-state index contributed by atoms with van der Waals surface area (Å²) in [6.45, 7) is 4.53. The van der Waals surface area contributed by atoms with E-state index < -0.39 is 29.5 Å². The lowest BCUT2D eigenvalue weighted by molar-refractivity contribution is -0.138. The predicted molar refractivity (Wildman–Crippen MR) is 181 cm³/mol. The van der Waals surface area contributed by atoms with Crippen LogP contribution in [0.4, 0.5) is 31.1 Å². The van der Waals surface area contributed by atoms with Gasteiger partial charge in [-0.25, -0.2) is 14.6 Å². The van der Waals surface area contributed by atoms with Crippen molar-refractivity contribution in [3.63, 3.8) is 0 Å². The number of isocyanates is 1. The summed E-state index contributed by atoms with van der Waals surface area (Å²) in [6.07, 6.45) is -3.68. The van der Waals surface area contributed by atoms with Gasteiger partial charge in [-0.3, -0.25) is 5.10 Å². The molecule has 0 spiro atoms. The third-order valence-electron chi connectivity index (χ3n) is 7.11. The SMILES string of the molecule is CCN=C=O.CCNC(=O)n1nc(Oc2c(Cl)cc(C(F)(F)F)cc2Cl)cc1C1CC1.FC(F)(F)c1cc(Cl)c(Oc2cc(C3CC3)[nH]n2)c(Cl)c1. The fourth-order valence-corrected chi connectivity index (χ4v) is 5.50. The number of aromatic amines is 1. The lowest BCUT2D eigenvalue weighted by Crippen LogP contribution is -2.30. The number of carbonyl (C=O) groups excluding carboxylic acids is 2. The van der Waals surface area contributed by atoms with E-state index in [1.165, 1.54) is 10.8 Å². The molecule has 0 atom stereocenters. The van der Waals surface area contributed by atoms with Gasteiger partial charge in [0, 0.05) is 42.8 Å². The summed E-state index contributed by atoms with van der Waals surface area (Å²) in [6, 6.07) is 5.86. The van der Waals surface area contributed by atoms with Gasteiger partial charge in [0.05, 0.1) is 36.9 Å². The molecular formula is C32H28Cl4F6N6O4. The fourth-order valence-electron chi connectivity index (χ4n) is 4.37. The van der Waals surface area contributed by atoms with Crippen molar-refractivity contribution in [1.82, 2.24) is 25.3 Å². The number of nitrogens with one attached hydrogen (secondary N) is 2. The number of rotatable bonds is 8. The largest absolute Gasteiger partial charge is 0.434 e. The topological polar surface area (TPSA) is 123 Å². The van der Waals surface area contributed by atoms with E-state index in [1.807, 2.05) is 0 Å². The van der Waals surface area contributed by atoms with Gasteiger partial charge in [-0.2, -0.15) is 31.0 Å². The number of aliphatic imine (C=N–C) groups is 1. The van der Waals surface area contributed by atoms with E-state index in [2.05, 4.69) is 25.6 Å². The Morgan fingerprint density at radius 2 is 1.33 bits per heavy atom. The molecule has 2 heterocycles. The molecule has 2 fully saturated rings. The Morgan fingerprint density at radius 3 is 1.71 bits per heavy atom. The zero-order chi connectivity index (χ0) is 38.4. The average Bonchev–Trinajstić information content (AvgIpc) is 4.00. The maximum absolute atomic E-state index is 12.8. The van der Waals surface area contributed by atoms with E-state index in [4.69, 9.17) is 60.7 Å². The van der Waals surface area contributed by atoms with Crippen LogP contribution in [0, 0.1) is 0 Å². The van der Waals surface area contributed by atoms with E-state index >= 15 is 0 Å². The number of nitrogens with zero attached hydrogens (tertiary/aromatic N) is 4. The fraction of sp³-hybridized carbons (Fsp3) is 0.375. The van der Waals surface area contributed by atoms with Gasteiger partial charge < -0.3 is 14.8 Å². The highest BCUT2D eigenvalue weighted by molar-refractivity contribution is 6.37. The molecule has 2 N–H and O–H groups in total. The lowest BCUT2D eigenvalue weighted by Gasteiger charge is -2.11. The smallest absolute Gasteiger partial charge is 0.416 e. The lowest BCUT2D eigenvalue weighted by atomic mass is 10.2. The minimum Gasteiger partial charge on any atom is -0.434 e. The molecule has 0 saturated heterocycles. The van der Waals surface area contributed by atoms with Crippen molar-refractivity contribution < 1.29 is 45.4 Å². The highest BCUT2D eigenvalue weighted by Crippen LogP contribution is 2.45. The number of halogens is 10. The highest BCUT2D eigenvalue weighted by atomic mass is 35.5. The van der Waals surface area contributed by atoms with Gasteiger partial charge in [-0.1, -0.05) is 46.4 Å². The first-order valence-electron chi connectivity index (χ1n) is 15.4. The molecule has 20 heteroatoms. The number of alkyl halides is 6. The average molecular weight is 816 g/mol. The van der Waals surface area contributed by atoms with E-state index in [9.17, 15) is 31.1 Å². The Labute approximate surface area is 312 Å². The molecule has 2 saturated carbocycles. The van der Waals surface area contributed by atoms with Crippen LogP contribution in [0.25, 0.3) is 0 Å². The molecule has 10 nitrogen and oxygen atoms in total. The molecular weight excluding hydrogens is 788 g/mol. The van der Waals surface area contributed by atoms with Gasteiger partial charge in [0.15, 0.2) is 11.5 Å². The van der Waals surface area contributed by atoms with Crippen LogP contribution in [0.3, 0.4) is 0 Å². The molecule has 0 bridgehead atoms. The van der Waals surface area contributed by atoms with Crippen molar-refractivity contribution in [3.8, 4) is 23.3 Å². The third kappa shape index (κ3) is 11.0. The van der Waals surface area contributed by atoms with Gasteiger partial charge in [0.1, 0.15) is 0 Å². The number of hydrogen-bond donors (Lipinski definition) is 2. The van der Waals surface area contributed by atoms with Gasteiger partial charge in [0.2, 0.25) is 17.8 Å². The van der Waals surface area contributed by atoms with Gasteiger partial charge in [-0.05, 0) is 63.8 Å². The summed E-state index contributed by atoms with van der Waals surface area (Å²) in [4.78, 5) is 24.4. The molecule has 4 aromatic rings. The van der Waals surface area contributed by atoms with Crippen LogP contribution < -0.4 is 14.8 Å². The third-order valence-corrected chi connectivity index (χ3v) is 8.23. The molecule has 0 unspecified atom stereocenters. The summed E-state index contributed by atoms with van der Waals surface area (Å²) in [7, 11) is 0. The number of amides is 1. The first-order chi connectivity index (χ1) is 24.5. The van der Waals surface area contributed by atoms with Crippen LogP contribution in [0.1, 0.15) is 73.9 Å². The number of hydrogen-bond acceptors (Lipinski definition) is 7. The molecule has 6 rings (SSSR count). The van der Waals surface area contributed by atoms with Crippen LogP contribution in [0.2, 0.25) is 20.1 Å². The van der Waals surface area contributed by atoms with Crippen molar-refractivity contribution in [2.24, 2.45) is 4.99 Å². The molecule has 2 aliphatic rings. The molecule has 0 aliphatic heterocycles. The summed E-state index contributed by atoms with van der Waals surface area (Å²) < 4.78 is 88.4. The first-order valence-corrected chi connectivity index (χ1v) is 16.9. The number of H-pyrrole nitrogens is 1. The number of aromatic nitrogens is 4. The molecule has 0 radical (unpaired) electrons. The zero-order valence-electron chi connectivity index (χ0n) is 27.1. The summed E-state index contributed by atoms with van der Waals surface area (Å²) in [5, 5.41) is 12.4. The minimum absolute atomic E-state index is 0.0294. The Hall–Kier alpha value is -3.95. The second kappa shape index (κ2) is 17.3. The molecule has 1 amide bonds. The normalized spacial score (nSPS) is 13.9. The first kappa shape index (κ1) is 40.8. The van der Waals surface area contributed by atoms with Crippen molar-refractivity contribution in [1.29, 1.82) is 0 Å². The van der Waals surface area contributed by atoms with E-state index in [1.54, 1.807) is 26.0 Å². The maximum atomic E-state index is 12.8. The van der Waals surface area contributed by atoms with Crippen molar-refractivity contribution >= 4 is 58.5 Å². The Bertz CT molecular complexity index is 1890. The van der Waals surface area contributed by atoms with Crippen LogP contribution in [-0.2, 0) is 17.1 Å². The Kier molecular flexibility index (Phi) is 13.5. The number of carbonyl (C=O) groups is 1. The van der Waals surface area contributed by atoms with Crippen molar-refractivity contribution in [2.45, 2.75) is 63.7 Å². The summed E-state index contributed by atoms with van der Waals surface area (Å²) >= 11 is 23.5. The van der Waals surface area contributed by atoms with E-state index in [0.29, 0.717) is 24.7 Å². The van der Waals surface area contributed by atoms with Crippen LogP contribution in [0.15, 0.2) is 41.4 Å². The Balaban J connectivity index is 0.000000209. The molecule has 280 valence electrons. The second-order valence-electron chi connectivity index (χ2n) is 11.2. The van der Waals surface area contributed by atoms with Gasteiger partial charge in [0.25, 0.3) is 0 Å². The molecule has 2 aromatic carbocycles. The highest BCUT2D eigenvalue weighted by Gasteiger charge is 2.34. The maximum Gasteiger partial charge on any atom is 0.416 e. The molecule has 2 aliphatic carbocycles. The van der Waals surface area contributed by atoms with Crippen molar-refractivity contribution in [3.05, 3.63) is 79.0 Å². The summed E-state index contributed by atoms with van der Waals surface area (Å²) in [5.74, 6) is 0.709. The number of ether oxygens (including phenoxy) is 2. The van der Waals surface area contributed by atoms with E-state index in [-0.39, 0.29) is 49.3 Å². The van der Waals surface area contributed by atoms with Gasteiger partial charge in [-0.15, -0.1) is 10.2 Å². The van der Waals surface area contributed by atoms with Crippen LogP contribution in [0.5, 0.6) is 23.3 Å². The standard InChI is InChI=1S/C16H14Cl2F3N3O2.C13H9Cl2F3N2O.C3H5NO/c1-2-22-15(25)24-12(8-3-4-8)7-13(23-24)26-14-10(17)5-9(6-11(14)18)16(19,20)21;14-8-3-7(13(16,17)18)4-9(15)12(8)21-11-5-10(19-20-11)6-1-2-6;1-2-4-3-5/h5-8H,2-4H2,1H3,(H,22,25);3-6H,1-2H2,(H,19,20);2H2,1H3. The minimum atomic E-state index is -4.58. The number of benzene rings is 2. The Morgan fingerprint density at radius 1 is 0.846 bits per heavy atom. The van der Waals surface area contributed by atoms with Gasteiger partial charge >= 0.3 is 18.4 Å². The molecule has 52 heavy (non-hydrogen) atoms. The second-order valence-corrected chi connectivity index (χ2v) is 12.8. The quantitative estimate of drug-likeness (QED) is 0.104. The van der Waals surface area contributed by atoms with Crippen molar-refractivity contribution in [2.75, 3.05) is 13.1 Å². The van der Waals surface area contributed by atoms with Crippen LogP contribution >= 0.6 is 46.4 Å².